The number of halogens is 4. The molecule has 0 radical (unpaired) electrons. The Kier molecular flexibility index (Phi) is 10.5. The number of hydrogen-bond acceptors (Lipinski definition) is 0. The lowest BCUT2D eigenvalue weighted by Gasteiger charge is -1.61. The van der Waals surface area contributed by atoms with E-state index in [-0.39, 0.29) is 17.0 Å². The standard InChI is InChI=1S/BCl3.BrH/c2-1(3)4;/h;1H. The summed E-state index contributed by atoms with van der Waals surface area (Å²) in [5.74, 6) is 0. The molecule has 0 rings (SSSR count). The molecule has 0 unspecified atom stereocenters. The van der Waals surface area contributed by atoms with Crippen LogP contribution < -0.4 is 0 Å². The minimum atomic E-state index is -0.750. The quantitative estimate of drug-likeness (QED) is 0.524. The van der Waals surface area contributed by atoms with Gasteiger partial charge in [-0.15, -0.1) is 17.0 Å². The van der Waals surface area contributed by atoms with E-state index in [1.807, 2.05) is 0 Å². The highest BCUT2D eigenvalue weighted by molar-refractivity contribution is 8.93. The van der Waals surface area contributed by atoms with Crippen LogP contribution in [0.3, 0.4) is 0 Å². The summed E-state index contributed by atoms with van der Waals surface area (Å²) in [4.78, 5) is -0.750. The van der Waals surface area contributed by atoms with Crippen LogP contribution in [0.15, 0.2) is 0 Å². The van der Waals surface area contributed by atoms with Gasteiger partial charge in [-0.1, -0.05) is 0 Å². The van der Waals surface area contributed by atoms with Gasteiger partial charge in [0, 0.05) is 0 Å². The van der Waals surface area contributed by atoms with E-state index in [0.717, 1.165) is 0 Å². The van der Waals surface area contributed by atoms with E-state index in [0.29, 0.717) is 0 Å². The molecule has 0 heterocycles. The summed E-state index contributed by atoms with van der Waals surface area (Å²) in [5.41, 5.74) is 0. The summed E-state index contributed by atoms with van der Waals surface area (Å²) in [6.45, 7) is 0. The molecule has 0 saturated carbocycles. The van der Waals surface area contributed by atoms with Crippen molar-refractivity contribution >= 4 is 56.3 Å². The molecule has 0 fully saturated rings. The zero-order valence-corrected chi connectivity index (χ0v) is 6.10. The Balaban J connectivity index is 0. The van der Waals surface area contributed by atoms with Crippen LogP contribution in [-0.2, 0) is 0 Å². The molecule has 0 amide bonds. The average Bonchev–Trinajstić information content (AvgIpc) is 0.811. The number of rotatable bonds is 0. The van der Waals surface area contributed by atoms with Gasteiger partial charge in [-0.25, -0.2) is 0 Å². The Labute approximate surface area is 56.4 Å². The van der Waals surface area contributed by atoms with Crippen molar-refractivity contribution in [3.05, 3.63) is 0 Å². The fraction of sp³-hybridized carbons (Fsp3) is 0. The van der Waals surface area contributed by atoms with Crippen LogP contribution >= 0.6 is 51.4 Å². The Morgan fingerprint density at radius 3 is 1.00 bits per heavy atom. The maximum atomic E-state index is 4.81. The lowest BCUT2D eigenvalue weighted by atomic mass is 10.7. The van der Waals surface area contributed by atoms with Gasteiger partial charge in [0.25, 0.3) is 0 Å². The van der Waals surface area contributed by atoms with Gasteiger partial charge in [0.2, 0.25) is 0 Å². The van der Waals surface area contributed by atoms with Gasteiger partial charge in [0.1, 0.15) is 0 Å². The minimum absolute atomic E-state index is 0. The maximum Gasteiger partial charge on any atom is 0.450 e. The van der Waals surface area contributed by atoms with Gasteiger partial charge in [-0.3, -0.25) is 0 Å². The first-order chi connectivity index (χ1) is 1.73. The maximum absolute atomic E-state index is 4.81. The second-order valence-corrected chi connectivity index (χ2v) is 2.23. The fourth-order valence-electron chi connectivity index (χ4n) is 0. The summed E-state index contributed by atoms with van der Waals surface area (Å²) in [6.07, 6.45) is 0. The molecule has 0 nitrogen and oxygen atoms in total. The predicted octanol–water partition coefficient (Wildman–Crippen LogP) is 2.27. The molecular formula is HBBrCl3. The van der Waals surface area contributed by atoms with Gasteiger partial charge in [0.15, 0.2) is 0 Å². The lowest BCUT2D eigenvalue weighted by Crippen LogP contribution is -1.66. The Bertz CT molecular complexity index is 11.6. The van der Waals surface area contributed by atoms with Crippen LogP contribution in [0.25, 0.3) is 0 Å². The van der Waals surface area contributed by atoms with E-state index >= 15 is 0 Å². The third-order valence-electron chi connectivity index (χ3n) is 0. The highest BCUT2D eigenvalue weighted by atomic mass is 79.9. The monoisotopic (exact) mass is 196 g/mol. The van der Waals surface area contributed by atoms with Crippen molar-refractivity contribution in [2.45, 2.75) is 0 Å². The van der Waals surface area contributed by atoms with Crippen molar-refractivity contribution in [2.24, 2.45) is 0 Å². The molecular weight excluding hydrogens is 197 g/mol. The molecule has 0 atom stereocenters. The van der Waals surface area contributed by atoms with Crippen LogP contribution in [0.5, 0.6) is 0 Å². The van der Waals surface area contributed by atoms with Crippen molar-refractivity contribution in [3.8, 4) is 0 Å². The SMILES string of the molecule is Br.ClB(Cl)Cl. The first-order valence-corrected chi connectivity index (χ1v) is 1.96. The molecule has 0 aliphatic heterocycles. The van der Waals surface area contributed by atoms with Gasteiger partial charge < -0.3 is 0 Å². The van der Waals surface area contributed by atoms with E-state index in [1.165, 1.54) is 0 Å². The predicted molar refractivity (Wildman–Crippen MR) is 33.6 cm³/mol. The van der Waals surface area contributed by atoms with Crippen molar-refractivity contribution in [1.82, 2.24) is 0 Å². The van der Waals surface area contributed by atoms with Gasteiger partial charge in [-0.05, 0) is 0 Å². The Morgan fingerprint density at radius 2 is 1.00 bits per heavy atom. The molecule has 0 saturated heterocycles. The Morgan fingerprint density at radius 1 is 1.00 bits per heavy atom. The molecule has 5 heavy (non-hydrogen) atoms. The largest absolute Gasteiger partial charge is 0.450 e. The molecule has 0 N–H and O–H groups in total. The molecule has 0 aromatic heterocycles. The van der Waals surface area contributed by atoms with Crippen molar-refractivity contribution in [2.75, 3.05) is 0 Å². The van der Waals surface area contributed by atoms with Crippen molar-refractivity contribution in [1.29, 1.82) is 0 Å². The second kappa shape index (κ2) is 5.41. The first kappa shape index (κ1) is 9.65. The third-order valence-corrected chi connectivity index (χ3v) is 0. The van der Waals surface area contributed by atoms with Crippen LogP contribution in [-0.4, -0.2) is 4.96 Å². The van der Waals surface area contributed by atoms with Gasteiger partial charge >= 0.3 is 4.96 Å². The van der Waals surface area contributed by atoms with Gasteiger partial charge in [0.05, 0.1) is 0 Å². The highest BCUT2D eigenvalue weighted by Gasteiger charge is 1.91. The zero-order valence-electron chi connectivity index (χ0n) is 2.12. The smallest absolute Gasteiger partial charge is 0.150 e. The summed E-state index contributed by atoms with van der Waals surface area (Å²) >= 11 is 14.4. The highest BCUT2D eigenvalue weighted by Crippen LogP contribution is 1.97. The second-order valence-electron chi connectivity index (χ2n) is 0.247. The van der Waals surface area contributed by atoms with Crippen LogP contribution in [0.4, 0.5) is 0 Å². The van der Waals surface area contributed by atoms with E-state index in [2.05, 4.69) is 0 Å². The van der Waals surface area contributed by atoms with Crippen LogP contribution in [0, 0.1) is 0 Å². The summed E-state index contributed by atoms with van der Waals surface area (Å²) < 4.78 is 0. The topological polar surface area (TPSA) is 0 Å². The van der Waals surface area contributed by atoms with Crippen molar-refractivity contribution < 1.29 is 0 Å². The third kappa shape index (κ3) is 31.5. The number of hydrogen-bond donors (Lipinski definition) is 0. The molecule has 0 spiro atoms. The van der Waals surface area contributed by atoms with E-state index < -0.39 is 4.96 Å². The summed E-state index contributed by atoms with van der Waals surface area (Å²) in [7, 11) is 0. The average molecular weight is 198 g/mol. The molecule has 0 aromatic carbocycles. The fourth-order valence-corrected chi connectivity index (χ4v) is 0. The molecule has 0 aliphatic carbocycles. The van der Waals surface area contributed by atoms with E-state index in [4.69, 9.17) is 34.4 Å². The summed E-state index contributed by atoms with van der Waals surface area (Å²) in [6, 6.07) is 0. The molecule has 32 valence electrons. The molecule has 0 aliphatic rings. The molecule has 0 aromatic rings. The zero-order chi connectivity index (χ0) is 3.58. The van der Waals surface area contributed by atoms with E-state index in [1.54, 1.807) is 0 Å². The first-order valence-electron chi connectivity index (χ1n) is 0.655. The van der Waals surface area contributed by atoms with Crippen LogP contribution in [0.2, 0.25) is 0 Å². The molecule has 0 bridgehead atoms. The van der Waals surface area contributed by atoms with Crippen molar-refractivity contribution in [3.63, 3.8) is 0 Å². The normalized spacial score (nSPS) is 5.40. The van der Waals surface area contributed by atoms with Crippen LogP contribution in [0.1, 0.15) is 0 Å². The Hall–Kier alpha value is 1.41. The van der Waals surface area contributed by atoms with Gasteiger partial charge in [-0.2, -0.15) is 34.4 Å². The summed E-state index contributed by atoms with van der Waals surface area (Å²) in [5, 5.41) is 0. The molecule has 5 heteroatoms. The minimum Gasteiger partial charge on any atom is -0.150 e. The van der Waals surface area contributed by atoms with E-state index in [9.17, 15) is 0 Å². The lowest BCUT2D eigenvalue weighted by molar-refractivity contribution is 4.07.